The summed E-state index contributed by atoms with van der Waals surface area (Å²) in [6.07, 6.45) is 0.926. The molecule has 0 radical (unpaired) electrons. The van der Waals surface area contributed by atoms with Gasteiger partial charge in [0.25, 0.3) is 5.91 Å². The van der Waals surface area contributed by atoms with Crippen LogP contribution in [0.25, 0.3) is 10.9 Å². The van der Waals surface area contributed by atoms with E-state index in [0.29, 0.717) is 11.3 Å². The van der Waals surface area contributed by atoms with Crippen LogP contribution in [-0.2, 0) is 20.7 Å². The zero-order valence-corrected chi connectivity index (χ0v) is 14.2. The van der Waals surface area contributed by atoms with Gasteiger partial charge in [-0.3, -0.25) is 9.59 Å². The lowest BCUT2D eigenvalue weighted by Gasteiger charge is -2.13. The Morgan fingerprint density at radius 2 is 1.92 bits per heavy atom. The highest BCUT2D eigenvalue weighted by molar-refractivity contribution is 5.95. The molecule has 0 aliphatic carbocycles. The van der Waals surface area contributed by atoms with E-state index in [9.17, 15) is 9.59 Å². The fraction of sp³-hybridized carbons (Fsp3) is 0.150. The van der Waals surface area contributed by atoms with Crippen molar-refractivity contribution in [3.8, 4) is 6.07 Å². The lowest BCUT2D eigenvalue weighted by atomic mass is 10.1. The molecule has 0 spiro atoms. The number of rotatable bonds is 5. The molecule has 0 unspecified atom stereocenters. The number of H-pyrrole nitrogens is 1. The average Bonchev–Trinajstić information content (AvgIpc) is 3.05. The van der Waals surface area contributed by atoms with Crippen LogP contribution in [0.15, 0.2) is 54.7 Å². The third-order valence-corrected chi connectivity index (χ3v) is 3.97. The molecule has 0 aliphatic heterocycles. The predicted molar refractivity (Wildman–Crippen MR) is 97.3 cm³/mol. The highest BCUT2D eigenvalue weighted by Crippen LogP contribution is 2.18. The van der Waals surface area contributed by atoms with E-state index in [1.807, 2.05) is 30.3 Å². The number of carbonyl (C=O) groups excluding carboxylic acids is 2. The SMILES string of the molecule is C[C@@H](OC(=O)Cc1c[nH]c2ccccc12)C(=O)Nc1ccc(C#N)cc1. The summed E-state index contributed by atoms with van der Waals surface area (Å²) in [6, 6.07) is 16.1. The zero-order chi connectivity index (χ0) is 18.5. The number of ether oxygens (including phenoxy) is 1. The van der Waals surface area contributed by atoms with E-state index >= 15 is 0 Å². The standard InChI is InChI=1S/C20H17N3O3/c1-13(20(25)23-16-8-6-14(11-21)7-9-16)26-19(24)10-15-12-22-18-5-3-2-4-17(15)18/h2-9,12-13,22H,10H2,1H3,(H,23,25)/t13-/m1/s1. The number of hydrogen-bond acceptors (Lipinski definition) is 4. The number of esters is 1. The summed E-state index contributed by atoms with van der Waals surface area (Å²) in [7, 11) is 0. The van der Waals surface area contributed by atoms with Gasteiger partial charge in [-0.15, -0.1) is 0 Å². The van der Waals surface area contributed by atoms with Crippen LogP contribution in [0.5, 0.6) is 0 Å². The summed E-state index contributed by atoms with van der Waals surface area (Å²) < 4.78 is 5.23. The highest BCUT2D eigenvalue weighted by Gasteiger charge is 2.19. The van der Waals surface area contributed by atoms with Gasteiger partial charge in [0.15, 0.2) is 6.10 Å². The monoisotopic (exact) mass is 347 g/mol. The Balaban J connectivity index is 1.58. The lowest BCUT2D eigenvalue weighted by molar-refractivity contribution is -0.152. The van der Waals surface area contributed by atoms with Crippen molar-refractivity contribution in [2.75, 3.05) is 5.32 Å². The molecular weight excluding hydrogens is 330 g/mol. The minimum atomic E-state index is -0.927. The summed E-state index contributed by atoms with van der Waals surface area (Å²) in [5, 5.41) is 12.4. The number of aromatic amines is 1. The molecule has 0 saturated carbocycles. The van der Waals surface area contributed by atoms with Crippen molar-refractivity contribution in [3.05, 3.63) is 65.9 Å². The third kappa shape index (κ3) is 3.90. The van der Waals surface area contributed by atoms with Gasteiger partial charge in [-0.1, -0.05) is 18.2 Å². The summed E-state index contributed by atoms with van der Waals surface area (Å²) in [6.45, 7) is 1.52. The summed E-state index contributed by atoms with van der Waals surface area (Å²) in [5.41, 5.74) is 2.81. The number of amides is 1. The molecule has 1 heterocycles. The van der Waals surface area contributed by atoms with Crippen molar-refractivity contribution >= 4 is 28.5 Å². The maximum Gasteiger partial charge on any atom is 0.311 e. The molecular formula is C20H17N3O3. The van der Waals surface area contributed by atoms with Crippen LogP contribution < -0.4 is 5.32 Å². The second kappa shape index (κ2) is 7.53. The van der Waals surface area contributed by atoms with Crippen LogP contribution >= 0.6 is 0 Å². The lowest BCUT2D eigenvalue weighted by Crippen LogP contribution is -2.30. The van der Waals surface area contributed by atoms with Crippen LogP contribution in [0.1, 0.15) is 18.1 Å². The van der Waals surface area contributed by atoms with Gasteiger partial charge in [0, 0.05) is 22.8 Å². The van der Waals surface area contributed by atoms with E-state index in [0.717, 1.165) is 16.5 Å². The van der Waals surface area contributed by atoms with E-state index in [-0.39, 0.29) is 6.42 Å². The summed E-state index contributed by atoms with van der Waals surface area (Å²) in [5.74, 6) is -0.904. The molecule has 0 fully saturated rings. The maximum absolute atomic E-state index is 12.2. The van der Waals surface area contributed by atoms with Gasteiger partial charge >= 0.3 is 5.97 Å². The van der Waals surface area contributed by atoms with E-state index in [1.54, 1.807) is 30.5 Å². The molecule has 2 aromatic carbocycles. The molecule has 0 bridgehead atoms. The molecule has 0 saturated heterocycles. The van der Waals surface area contributed by atoms with Gasteiger partial charge in [0.05, 0.1) is 18.1 Å². The van der Waals surface area contributed by atoms with Crippen molar-refractivity contribution in [2.24, 2.45) is 0 Å². The number of aromatic nitrogens is 1. The van der Waals surface area contributed by atoms with Gasteiger partial charge < -0.3 is 15.0 Å². The molecule has 6 nitrogen and oxygen atoms in total. The maximum atomic E-state index is 12.2. The summed E-state index contributed by atoms with van der Waals surface area (Å²) >= 11 is 0. The minimum Gasteiger partial charge on any atom is -0.452 e. The molecule has 1 amide bonds. The van der Waals surface area contributed by atoms with E-state index in [4.69, 9.17) is 10.00 Å². The van der Waals surface area contributed by atoms with Crippen molar-refractivity contribution in [3.63, 3.8) is 0 Å². The fourth-order valence-electron chi connectivity index (χ4n) is 2.60. The van der Waals surface area contributed by atoms with Gasteiger partial charge in [-0.2, -0.15) is 5.26 Å². The average molecular weight is 347 g/mol. The van der Waals surface area contributed by atoms with Crippen LogP contribution in [-0.4, -0.2) is 23.0 Å². The molecule has 26 heavy (non-hydrogen) atoms. The van der Waals surface area contributed by atoms with Gasteiger partial charge in [0.1, 0.15) is 0 Å². The van der Waals surface area contributed by atoms with E-state index in [1.165, 1.54) is 6.92 Å². The van der Waals surface area contributed by atoms with Crippen molar-refractivity contribution in [1.82, 2.24) is 4.98 Å². The number of nitrogens with zero attached hydrogens (tertiary/aromatic N) is 1. The minimum absolute atomic E-state index is 0.0818. The topological polar surface area (TPSA) is 95.0 Å². The number of hydrogen-bond donors (Lipinski definition) is 2. The van der Waals surface area contributed by atoms with Crippen molar-refractivity contribution < 1.29 is 14.3 Å². The second-order valence-electron chi connectivity index (χ2n) is 5.85. The Morgan fingerprint density at radius 1 is 1.19 bits per heavy atom. The molecule has 6 heteroatoms. The van der Waals surface area contributed by atoms with Gasteiger partial charge in [-0.05, 0) is 42.8 Å². The number of carbonyl (C=O) groups is 2. The van der Waals surface area contributed by atoms with E-state index < -0.39 is 18.0 Å². The first-order chi connectivity index (χ1) is 12.6. The normalized spacial score (nSPS) is 11.5. The quantitative estimate of drug-likeness (QED) is 0.693. The first-order valence-electron chi connectivity index (χ1n) is 8.12. The van der Waals surface area contributed by atoms with Crippen LogP contribution in [0.2, 0.25) is 0 Å². The number of benzene rings is 2. The number of nitriles is 1. The number of fused-ring (bicyclic) bond motifs is 1. The first kappa shape index (κ1) is 17.2. The predicted octanol–water partition coefficient (Wildman–Crippen LogP) is 3.15. The number of nitrogens with one attached hydrogen (secondary N) is 2. The van der Waals surface area contributed by atoms with Crippen LogP contribution in [0, 0.1) is 11.3 Å². The highest BCUT2D eigenvalue weighted by atomic mass is 16.5. The number of para-hydroxylation sites is 1. The third-order valence-electron chi connectivity index (χ3n) is 3.97. The fourth-order valence-corrected chi connectivity index (χ4v) is 2.60. The smallest absolute Gasteiger partial charge is 0.311 e. The Bertz CT molecular complexity index is 983. The Labute approximate surface area is 150 Å². The molecule has 3 rings (SSSR count). The molecule has 0 aliphatic rings. The van der Waals surface area contributed by atoms with Crippen LogP contribution in [0.3, 0.4) is 0 Å². The number of anilines is 1. The Hall–Kier alpha value is -3.59. The molecule has 1 atom stereocenters. The van der Waals surface area contributed by atoms with Gasteiger partial charge in [0.2, 0.25) is 0 Å². The molecule has 130 valence electrons. The van der Waals surface area contributed by atoms with Crippen LogP contribution in [0.4, 0.5) is 5.69 Å². The second-order valence-corrected chi connectivity index (χ2v) is 5.85. The Morgan fingerprint density at radius 3 is 2.65 bits per heavy atom. The molecule has 2 N–H and O–H groups in total. The Kier molecular flexibility index (Phi) is 4.99. The van der Waals surface area contributed by atoms with Crippen molar-refractivity contribution in [1.29, 1.82) is 5.26 Å². The largest absolute Gasteiger partial charge is 0.452 e. The van der Waals surface area contributed by atoms with Crippen molar-refractivity contribution in [2.45, 2.75) is 19.4 Å². The van der Waals surface area contributed by atoms with E-state index in [2.05, 4.69) is 10.3 Å². The zero-order valence-electron chi connectivity index (χ0n) is 14.2. The summed E-state index contributed by atoms with van der Waals surface area (Å²) in [4.78, 5) is 27.4. The van der Waals surface area contributed by atoms with Gasteiger partial charge in [-0.25, -0.2) is 0 Å². The molecule has 1 aromatic heterocycles. The molecule has 3 aromatic rings. The first-order valence-corrected chi connectivity index (χ1v) is 8.12.